The van der Waals surface area contributed by atoms with E-state index < -0.39 is 10.7 Å². The van der Waals surface area contributed by atoms with Crippen molar-refractivity contribution in [2.45, 2.75) is 25.5 Å². The van der Waals surface area contributed by atoms with E-state index in [-0.39, 0.29) is 0 Å². The summed E-state index contributed by atoms with van der Waals surface area (Å²) in [5.41, 5.74) is 0. The second-order valence-corrected chi connectivity index (χ2v) is 4.14. The van der Waals surface area contributed by atoms with Crippen LogP contribution in [0.1, 0.15) is 20.8 Å². The van der Waals surface area contributed by atoms with E-state index in [1.807, 2.05) is 6.92 Å². The molecule has 0 unspecified atom stereocenters. The molecule has 0 aromatic rings. The summed E-state index contributed by atoms with van der Waals surface area (Å²) in [4.78, 5) is 10.4. The van der Waals surface area contributed by atoms with Crippen LogP contribution in [0, 0.1) is 0 Å². The number of aliphatic carboxylic acids is 1. The molecule has 0 atom stereocenters. The highest BCUT2D eigenvalue weighted by molar-refractivity contribution is 8.01. The van der Waals surface area contributed by atoms with Crippen LogP contribution in [0.2, 0.25) is 0 Å². The molecule has 0 amide bonds. The summed E-state index contributed by atoms with van der Waals surface area (Å²) in [5, 5.41) is 8.55. The zero-order valence-corrected chi connectivity index (χ0v) is 6.79. The van der Waals surface area contributed by atoms with Gasteiger partial charge in [0.15, 0.2) is 0 Å². The Bertz CT molecular complexity index is 110. The molecule has 0 aliphatic rings. The monoisotopic (exact) mass is 148 g/mol. The zero-order chi connectivity index (χ0) is 7.49. The van der Waals surface area contributed by atoms with E-state index in [2.05, 4.69) is 0 Å². The molecule has 0 fully saturated rings. The molecule has 0 aliphatic carbocycles. The maximum atomic E-state index is 10.4. The topological polar surface area (TPSA) is 37.3 Å². The summed E-state index contributed by atoms with van der Waals surface area (Å²) in [6.07, 6.45) is 0. The Hall–Kier alpha value is -0.180. The van der Waals surface area contributed by atoms with Gasteiger partial charge in [-0.05, 0) is 19.6 Å². The van der Waals surface area contributed by atoms with Gasteiger partial charge in [0.05, 0.1) is 0 Å². The van der Waals surface area contributed by atoms with Crippen molar-refractivity contribution in [1.29, 1.82) is 0 Å². The van der Waals surface area contributed by atoms with Gasteiger partial charge in [-0.15, -0.1) is 11.8 Å². The molecule has 0 aromatic carbocycles. The van der Waals surface area contributed by atoms with Crippen LogP contribution in [-0.2, 0) is 4.79 Å². The molecule has 0 saturated heterocycles. The first-order valence-electron chi connectivity index (χ1n) is 2.88. The number of thioether (sulfide) groups is 1. The highest BCUT2D eigenvalue weighted by Gasteiger charge is 2.26. The molecule has 2 nitrogen and oxygen atoms in total. The molecule has 0 heterocycles. The first-order valence-corrected chi connectivity index (χ1v) is 3.86. The van der Waals surface area contributed by atoms with Gasteiger partial charge in [-0.1, -0.05) is 6.92 Å². The zero-order valence-electron chi connectivity index (χ0n) is 5.97. The van der Waals surface area contributed by atoms with Gasteiger partial charge in [0.1, 0.15) is 4.75 Å². The van der Waals surface area contributed by atoms with Crippen molar-refractivity contribution in [2.75, 3.05) is 5.75 Å². The molecular formula is C6H12O2S. The first-order chi connectivity index (χ1) is 4.00. The van der Waals surface area contributed by atoms with Gasteiger partial charge in [0.2, 0.25) is 0 Å². The third-order valence-electron chi connectivity index (χ3n) is 1.02. The van der Waals surface area contributed by atoms with Gasteiger partial charge in [0.25, 0.3) is 0 Å². The van der Waals surface area contributed by atoms with Gasteiger partial charge >= 0.3 is 5.97 Å². The van der Waals surface area contributed by atoms with Crippen molar-refractivity contribution in [3.05, 3.63) is 0 Å². The molecule has 9 heavy (non-hydrogen) atoms. The van der Waals surface area contributed by atoms with Crippen LogP contribution in [0.3, 0.4) is 0 Å². The smallest absolute Gasteiger partial charge is 0.319 e. The summed E-state index contributed by atoms with van der Waals surface area (Å²) in [6, 6.07) is 0. The van der Waals surface area contributed by atoms with Crippen molar-refractivity contribution in [3.63, 3.8) is 0 Å². The normalized spacial score (nSPS) is 11.4. The van der Waals surface area contributed by atoms with Crippen molar-refractivity contribution in [1.82, 2.24) is 0 Å². The molecule has 0 radical (unpaired) electrons. The predicted molar refractivity (Wildman–Crippen MR) is 39.8 cm³/mol. The molecule has 54 valence electrons. The number of hydrogen-bond acceptors (Lipinski definition) is 2. The lowest BCUT2D eigenvalue weighted by molar-refractivity contribution is -0.138. The van der Waals surface area contributed by atoms with E-state index >= 15 is 0 Å². The summed E-state index contributed by atoms with van der Waals surface area (Å²) in [7, 11) is 0. The van der Waals surface area contributed by atoms with Gasteiger partial charge in [-0.2, -0.15) is 0 Å². The van der Waals surface area contributed by atoms with E-state index in [1.165, 1.54) is 11.8 Å². The minimum atomic E-state index is -0.741. The van der Waals surface area contributed by atoms with Crippen LogP contribution in [0.15, 0.2) is 0 Å². The van der Waals surface area contributed by atoms with Crippen molar-refractivity contribution in [3.8, 4) is 0 Å². The lowest BCUT2D eigenvalue weighted by Gasteiger charge is -2.16. The molecule has 1 N–H and O–H groups in total. The van der Waals surface area contributed by atoms with E-state index in [0.717, 1.165) is 5.75 Å². The molecule has 0 aliphatic heterocycles. The Balaban J connectivity index is 3.85. The Kier molecular flexibility index (Phi) is 3.04. The summed E-state index contributed by atoms with van der Waals surface area (Å²) < 4.78 is -0.616. The van der Waals surface area contributed by atoms with Crippen LogP contribution in [0.5, 0.6) is 0 Å². The Morgan fingerprint density at radius 2 is 2.11 bits per heavy atom. The van der Waals surface area contributed by atoms with Gasteiger partial charge in [-0.25, -0.2) is 0 Å². The third-order valence-corrected chi connectivity index (χ3v) is 2.21. The van der Waals surface area contributed by atoms with Crippen LogP contribution >= 0.6 is 11.8 Å². The Morgan fingerprint density at radius 1 is 1.67 bits per heavy atom. The average molecular weight is 148 g/mol. The molecule has 3 heteroatoms. The van der Waals surface area contributed by atoms with E-state index in [9.17, 15) is 4.79 Å². The molecule has 0 saturated carbocycles. The maximum absolute atomic E-state index is 10.4. The van der Waals surface area contributed by atoms with Crippen LogP contribution in [-0.4, -0.2) is 21.6 Å². The summed E-state index contributed by atoms with van der Waals surface area (Å²) in [6.45, 7) is 5.38. The average Bonchev–Trinajstić information content (AvgIpc) is 1.65. The molecule has 0 aromatic heterocycles. The second-order valence-electron chi connectivity index (χ2n) is 2.25. The van der Waals surface area contributed by atoms with Crippen molar-refractivity contribution < 1.29 is 9.90 Å². The summed E-state index contributed by atoms with van der Waals surface area (Å²) >= 11 is 1.44. The van der Waals surface area contributed by atoms with E-state index in [4.69, 9.17) is 5.11 Å². The lowest BCUT2D eigenvalue weighted by atomic mass is 10.2. The third kappa shape index (κ3) is 2.75. The highest BCUT2D eigenvalue weighted by Crippen LogP contribution is 2.23. The molecule has 0 spiro atoms. The van der Waals surface area contributed by atoms with Gasteiger partial charge in [-0.3, -0.25) is 4.79 Å². The SMILES string of the molecule is CCSC(C)(C)C(=O)O. The highest BCUT2D eigenvalue weighted by atomic mass is 32.2. The van der Waals surface area contributed by atoms with Crippen LogP contribution < -0.4 is 0 Å². The minimum absolute atomic E-state index is 0.616. The fourth-order valence-electron chi connectivity index (χ4n) is 0.423. The summed E-state index contributed by atoms with van der Waals surface area (Å²) in [5.74, 6) is 0.105. The number of carboxylic acid groups (broad SMARTS) is 1. The van der Waals surface area contributed by atoms with E-state index in [1.54, 1.807) is 13.8 Å². The first kappa shape index (κ1) is 8.82. The van der Waals surface area contributed by atoms with Crippen LogP contribution in [0.25, 0.3) is 0 Å². The van der Waals surface area contributed by atoms with Crippen LogP contribution in [0.4, 0.5) is 0 Å². The quantitative estimate of drug-likeness (QED) is 0.660. The fourth-order valence-corrected chi connectivity index (χ4v) is 1.27. The number of hydrogen-bond donors (Lipinski definition) is 1. The molecular weight excluding hydrogens is 136 g/mol. The molecule has 0 rings (SSSR count). The Morgan fingerprint density at radius 3 is 2.22 bits per heavy atom. The Labute approximate surface area is 59.6 Å². The predicted octanol–water partition coefficient (Wildman–Crippen LogP) is 1.60. The van der Waals surface area contributed by atoms with Crippen molar-refractivity contribution >= 4 is 17.7 Å². The number of rotatable bonds is 3. The largest absolute Gasteiger partial charge is 0.480 e. The maximum Gasteiger partial charge on any atom is 0.319 e. The van der Waals surface area contributed by atoms with Crippen molar-refractivity contribution in [2.24, 2.45) is 0 Å². The lowest BCUT2D eigenvalue weighted by Crippen LogP contribution is -2.27. The number of carbonyl (C=O) groups is 1. The van der Waals surface area contributed by atoms with Gasteiger partial charge < -0.3 is 5.11 Å². The van der Waals surface area contributed by atoms with Gasteiger partial charge in [0, 0.05) is 0 Å². The molecule has 0 bridgehead atoms. The fraction of sp³-hybridized carbons (Fsp3) is 0.833. The van der Waals surface area contributed by atoms with E-state index in [0.29, 0.717) is 0 Å². The second kappa shape index (κ2) is 3.11. The standard InChI is InChI=1S/C6H12O2S/c1-4-9-6(2,3)5(7)8/h4H2,1-3H3,(H,7,8). The number of carboxylic acids is 1. The minimum Gasteiger partial charge on any atom is -0.480 e.